The van der Waals surface area contributed by atoms with Crippen LogP contribution in [-0.4, -0.2) is 19.1 Å². The van der Waals surface area contributed by atoms with E-state index in [-0.39, 0.29) is 17.4 Å². The molecule has 1 aromatic rings. The van der Waals surface area contributed by atoms with E-state index in [0.29, 0.717) is 19.6 Å². The second kappa shape index (κ2) is 9.20. The van der Waals surface area contributed by atoms with Gasteiger partial charge >= 0.3 is 0 Å². The highest BCUT2D eigenvalue weighted by Crippen LogP contribution is 2.61. The summed E-state index contributed by atoms with van der Waals surface area (Å²) in [6.07, 6.45) is 10.7. The van der Waals surface area contributed by atoms with Crippen molar-refractivity contribution in [2.24, 2.45) is 23.2 Å². The largest absolute Gasteiger partial charge is 0.490 e. The van der Waals surface area contributed by atoms with Crippen LogP contribution in [-0.2, 0) is 4.79 Å². The van der Waals surface area contributed by atoms with Crippen LogP contribution >= 0.6 is 0 Å². The average Bonchev–Trinajstić information content (AvgIpc) is 2.69. The Morgan fingerprint density at radius 3 is 2.13 bits per heavy atom. The van der Waals surface area contributed by atoms with Gasteiger partial charge in [-0.3, -0.25) is 4.79 Å². The minimum absolute atomic E-state index is 0.0318. The molecule has 1 amide bonds. The molecule has 4 aliphatic rings. The summed E-state index contributed by atoms with van der Waals surface area (Å²) in [5, 5.41) is 3.28. The SMILES string of the molecule is CCCOc1ccc(C(C)NC(=O)CC23CC4CC(CC(C4)C2)C3)cc1OCCC. The Bertz CT molecular complexity index is 709. The zero-order chi connectivity index (χ0) is 21.1. The molecular formula is C26H39NO3. The predicted molar refractivity (Wildman–Crippen MR) is 120 cm³/mol. The summed E-state index contributed by atoms with van der Waals surface area (Å²) in [6, 6.07) is 6.05. The lowest BCUT2D eigenvalue weighted by Crippen LogP contribution is -2.48. The molecule has 1 unspecified atom stereocenters. The van der Waals surface area contributed by atoms with Crippen LogP contribution in [0.5, 0.6) is 11.5 Å². The van der Waals surface area contributed by atoms with Crippen molar-refractivity contribution in [3.63, 3.8) is 0 Å². The number of amides is 1. The third-order valence-electron chi connectivity index (χ3n) is 7.47. The normalized spacial score (nSPS) is 30.2. The fraction of sp³-hybridized carbons (Fsp3) is 0.731. The molecule has 0 aromatic heterocycles. The predicted octanol–water partition coefficient (Wildman–Crippen LogP) is 6.05. The van der Waals surface area contributed by atoms with E-state index < -0.39 is 0 Å². The third-order valence-corrected chi connectivity index (χ3v) is 7.47. The number of carbonyl (C=O) groups is 1. The molecule has 166 valence electrons. The molecule has 0 spiro atoms. The quantitative estimate of drug-likeness (QED) is 0.508. The Morgan fingerprint density at radius 1 is 1.00 bits per heavy atom. The van der Waals surface area contributed by atoms with Gasteiger partial charge in [0.1, 0.15) is 0 Å². The lowest BCUT2D eigenvalue weighted by molar-refractivity contribution is -0.130. The van der Waals surface area contributed by atoms with Crippen LogP contribution in [0.1, 0.15) is 90.2 Å². The fourth-order valence-corrected chi connectivity index (χ4v) is 6.67. The number of rotatable bonds is 10. The van der Waals surface area contributed by atoms with Gasteiger partial charge in [0.25, 0.3) is 0 Å². The van der Waals surface area contributed by atoms with Gasteiger partial charge < -0.3 is 14.8 Å². The summed E-state index contributed by atoms with van der Waals surface area (Å²) < 4.78 is 11.8. The number of ether oxygens (including phenoxy) is 2. The first-order chi connectivity index (χ1) is 14.5. The molecular weight excluding hydrogens is 374 g/mol. The van der Waals surface area contributed by atoms with Crippen LogP contribution in [0.2, 0.25) is 0 Å². The topological polar surface area (TPSA) is 47.6 Å². The van der Waals surface area contributed by atoms with Crippen LogP contribution in [0, 0.1) is 23.2 Å². The first-order valence-electron chi connectivity index (χ1n) is 12.2. The van der Waals surface area contributed by atoms with E-state index in [0.717, 1.165) is 47.7 Å². The monoisotopic (exact) mass is 413 g/mol. The number of hydrogen-bond acceptors (Lipinski definition) is 3. The molecule has 1 aromatic carbocycles. The minimum atomic E-state index is -0.0318. The second-order valence-corrected chi connectivity index (χ2v) is 10.3. The molecule has 30 heavy (non-hydrogen) atoms. The van der Waals surface area contributed by atoms with Crippen molar-refractivity contribution in [2.75, 3.05) is 13.2 Å². The molecule has 4 heteroatoms. The lowest BCUT2D eigenvalue weighted by Gasteiger charge is -2.56. The average molecular weight is 414 g/mol. The van der Waals surface area contributed by atoms with E-state index >= 15 is 0 Å². The zero-order valence-corrected chi connectivity index (χ0v) is 19.0. The third kappa shape index (κ3) is 4.78. The van der Waals surface area contributed by atoms with E-state index in [2.05, 4.69) is 32.2 Å². The molecule has 0 aliphatic heterocycles. The second-order valence-electron chi connectivity index (χ2n) is 10.3. The number of benzene rings is 1. The van der Waals surface area contributed by atoms with E-state index in [1.54, 1.807) is 0 Å². The van der Waals surface area contributed by atoms with Gasteiger partial charge in [-0.2, -0.15) is 0 Å². The molecule has 0 heterocycles. The number of nitrogens with one attached hydrogen (secondary N) is 1. The highest BCUT2D eigenvalue weighted by atomic mass is 16.5. The Morgan fingerprint density at radius 2 is 1.57 bits per heavy atom. The Balaban J connectivity index is 1.39. The van der Waals surface area contributed by atoms with Crippen LogP contribution < -0.4 is 14.8 Å². The van der Waals surface area contributed by atoms with Gasteiger partial charge in [-0.25, -0.2) is 0 Å². The maximum absolute atomic E-state index is 13.0. The molecule has 4 bridgehead atoms. The maximum Gasteiger partial charge on any atom is 0.221 e. The molecule has 0 saturated heterocycles. The summed E-state index contributed by atoms with van der Waals surface area (Å²) in [6.45, 7) is 7.62. The van der Waals surface area contributed by atoms with Crippen LogP contribution in [0.4, 0.5) is 0 Å². The van der Waals surface area contributed by atoms with Gasteiger partial charge in [0.2, 0.25) is 5.91 Å². The van der Waals surface area contributed by atoms with Crippen molar-refractivity contribution in [1.82, 2.24) is 5.32 Å². The molecule has 5 rings (SSSR count). The van der Waals surface area contributed by atoms with E-state index in [4.69, 9.17) is 9.47 Å². The highest BCUT2D eigenvalue weighted by molar-refractivity contribution is 5.77. The summed E-state index contributed by atoms with van der Waals surface area (Å²) in [5.41, 5.74) is 1.36. The summed E-state index contributed by atoms with van der Waals surface area (Å²) >= 11 is 0. The van der Waals surface area contributed by atoms with Gasteiger partial charge in [0.15, 0.2) is 11.5 Å². The van der Waals surface area contributed by atoms with Crippen molar-refractivity contribution in [2.45, 2.75) is 84.6 Å². The van der Waals surface area contributed by atoms with Gasteiger partial charge in [-0.15, -0.1) is 0 Å². The van der Waals surface area contributed by atoms with Crippen LogP contribution in [0.3, 0.4) is 0 Å². The van der Waals surface area contributed by atoms with Crippen molar-refractivity contribution < 1.29 is 14.3 Å². The standard InChI is InChI=1S/C26H39NO3/c1-4-8-29-23-7-6-22(13-24(23)30-9-5-2)18(3)27-25(28)17-26-14-19-10-20(15-26)12-21(11-19)16-26/h6-7,13,18-21H,4-5,8-12,14-17H2,1-3H3,(H,27,28). The van der Waals surface area contributed by atoms with E-state index in [1.165, 1.54) is 38.5 Å². The first kappa shape index (κ1) is 21.5. The molecule has 4 fully saturated rings. The molecule has 4 aliphatic carbocycles. The molecule has 1 atom stereocenters. The summed E-state index contributed by atoms with van der Waals surface area (Å²) in [4.78, 5) is 13.0. The summed E-state index contributed by atoms with van der Waals surface area (Å²) in [5.74, 6) is 4.44. The van der Waals surface area contributed by atoms with Crippen molar-refractivity contribution >= 4 is 5.91 Å². The first-order valence-corrected chi connectivity index (χ1v) is 12.2. The Hall–Kier alpha value is -1.71. The number of hydrogen-bond donors (Lipinski definition) is 1. The molecule has 4 nitrogen and oxygen atoms in total. The zero-order valence-electron chi connectivity index (χ0n) is 19.0. The molecule has 4 saturated carbocycles. The van der Waals surface area contributed by atoms with Crippen LogP contribution in [0.15, 0.2) is 18.2 Å². The van der Waals surface area contributed by atoms with Gasteiger partial charge in [0, 0.05) is 6.42 Å². The molecule has 0 radical (unpaired) electrons. The van der Waals surface area contributed by atoms with Crippen molar-refractivity contribution in [3.05, 3.63) is 23.8 Å². The van der Waals surface area contributed by atoms with Crippen LogP contribution in [0.25, 0.3) is 0 Å². The Labute approximate surface area is 182 Å². The fourth-order valence-electron chi connectivity index (χ4n) is 6.67. The number of carbonyl (C=O) groups excluding carboxylic acids is 1. The van der Waals surface area contributed by atoms with Crippen molar-refractivity contribution in [3.8, 4) is 11.5 Å². The molecule has 1 N–H and O–H groups in total. The maximum atomic E-state index is 13.0. The summed E-state index contributed by atoms with van der Waals surface area (Å²) in [7, 11) is 0. The Kier molecular flexibility index (Phi) is 6.60. The minimum Gasteiger partial charge on any atom is -0.490 e. The smallest absolute Gasteiger partial charge is 0.221 e. The van der Waals surface area contributed by atoms with Gasteiger partial charge in [-0.1, -0.05) is 19.9 Å². The van der Waals surface area contributed by atoms with Gasteiger partial charge in [0.05, 0.1) is 19.3 Å². The lowest BCUT2D eigenvalue weighted by atomic mass is 9.49. The highest BCUT2D eigenvalue weighted by Gasteiger charge is 2.51. The van der Waals surface area contributed by atoms with E-state index in [9.17, 15) is 4.79 Å². The van der Waals surface area contributed by atoms with Gasteiger partial charge in [-0.05, 0) is 99.2 Å². The van der Waals surface area contributed by atoms with Crippen molar-refractivity contribution in [1.29, 1.82) is 0 Å². The van der Waals surface area contributed by atoms with E-state index in [1.807, 2.05) is 12.1 Å².